The van der Waals surface area contributed by atoms with Gasteiger partial charge in [-0.25, -0.2) is 4.98 Å². The van der Waals surface area contributed by atoms with Crippen LogP contribution in [0.5, 0.6) is 0 Å². The molecule has 0 amide bonds. The van der Waals surface area contributed by atoms with Gasteiger partial charge >= 0.3 is 0 Å². The molecule has 0 aliphatic heterocycles. The Morgan fingerprint density at radius 3 is 2.90 bits per heavy atom. The van der Waals surface area contributed by atoms with Crippen LogP contribution in [0.1, 0.15) is 12.6 Å². The first kappa shape index (κ1) is 7.06. The van der Waals surface area contributed by atoms with Gasteiger partial charge in [-0.15, -0.1) is 0 Å². The summed E-state index contributed by atoms with van der Waals surface area (Å²) in [6.07, 6.45) is 0.996. The fourth-order valence-corrected chi connectivity index (χ4v) is 0.816. The van der Waals surface area contributed by atoms with E-state index in [2.05, 4.69) is 17.2 Å². The van der Waals surface area contributed by atoms with Crippen molar-refractivity contribution in [3.8, 4) is 0 Å². The number of hydrogen-bond acceptors (Lipinski definition) is 2. The van der Waals surface area contributed by atoms with Gasteiger partial charge in [0.2, 0.25) is 0 Å². The summed E-state index contributed by atoms with van der Waals surface area (Å²) in [6.45, 7) is 2.10. The lowest BCUT2D eigenvalue weighted by Crippen LogP contribution is -1.94. The van der Waals surface area contributed by atoms with Crippen molar-refractivity contribution in [2.24, 2.45) is 0 Å². The second-order valence-electron chi connectivity index (χ2n) is 2.12. The number of nitrogens with one attached hydrogen (secondary N) is 1. The van der Waals surface area contributed by atoms with Gasteiger partial charge in [0.15, 0.2) is 0 Å². The Labute approximate surface area is 61.3 Å². The number of aromatic nitrogens is 1. The molecule has 1 N–H and O–H groups in total. The van der Waals surface area contributed by atoms with E-state index in [1.165, 1.54) is 0 Å². The molecule has 0 radical (unpaired) electrons. The molecule has 0 aliphatic rings. The van der Waals surface area contributed by atoms with Crippen molar-refractivity contribution in [3.63, 3.8) is 0 Å². The van der Waals surface area contributed by atoms with E-state index in [-0.39, 0.29) is 0 Å². The van der Waals surface area contributed by atoms with Gasteiger partial charge in [0.25, 0.3) is 0 Å². The average molecular weight is 136 g/mol. The van der Waals surface area contributed by atoms with E-state index in [1.807, 2.05) is 25.2 Å². The molecule has 0 aromatic carbocycles. The molecule has 0 unspecified atom stereocenters. The highest BCUT2D eigenvalue weighted by Gasteiger charge is 1.90. The van der Waals surface area contributed by atoms with Crippen LogP contribution in [0.15, 0.2) is 18.2 Å². The molecule has 0 aliphatic carbocycles. The average Bonchev–Trinajstić information content (AvgIpc) is 2.05. The molecule has 0 bridgehead atoms. The minimum Gasteiger partial charge on any atom is -0.373 e. The van der Waals surface area contributed by atoms with Crippen molar-refractivity contribution < 1.29 is 0 Å². The molecule has 2 heteroatoms. The number of pyridine rings is 1. The molecule has 1 rings (SSSR count). The second kappa shape index (κ2) is 3.20. The molecule has 0 saturated heterocycles. The zero-order chi connectivity index (χ0) is 7.40. The molecule has 0 fully saturated rings. The zero-order valence-corrected chi connectivity index (χ0v) is 6.39. The third-order valence-electron chi connectivity index (χ3n) is 1.43. The third-order valence-corrected chi connectivity index (χ3v) is 1.43. The van der Waals surface area contributed by atoms with E-state index >= 15 is 0 Å². The van der Waals surface area contributed by atoms with Crippen molar-refractivity contribution in [1.29, 1.82) is 0 Å². The fraction of sp³-hybridized carbons (Fsp3) is 0.375. The summed E-state index contributed by atoms with van der Waals surface area (Å²) in [5.74, 6) is 0.944. The van der Waals surface area contributed by atoms with E-state index in [9.17, 15) is 0 Å². The lowest BCUT2D eigenvalue weighted by molar-refractivity contribution is 1.04. The number of nitrogens with zero attached hydrogens (tertiary/aromatic N) is 1. The smallest absolute Gasteiger partial charge is 0.125 e. The predicted octanol–water partition coefficient (Wildman–Crippen LogP) is 1.69. The number of rotatable bonds is 2. The summed E-state index contributed by atoms with van der Waals surface area (Å²) >= 11 is 0. The Kier molecular flexibility index (Phi) is 2.26. The number of anilines is 1. The van der Waals surface area contributed by atoms with E-state index in [0.717, 1.165) is 17.9 Å². The van der Waals surface area contributed by atoms with Gasteiger partial charge in [0, 0.05) is 12.7 Å². The van der Waals surface area contributed by atoms with Crippen LogP contribution in [0.4, 0.5) is 5.82 Å². The largest absolute Gasteiger partial charge is 0.373 e. The van der Waals surface area contributed by atoms with Crippen molar-refractivity contribution in [3.05, 3.63) is 23.9 Å². The van der Waals surface area contributed by atoms with Crippen LogP contribution in [0, 0.1) is 0 Å². The van der Waals surface area contributed by atoms with Crippen LogP contribution in [0.2, 0.25) is 0 Å². The highest BCUT2D eigenvalue weighted by atomic mass is 15.0. The highest BCUT2D eigenvalue weighted by Crippen LogP contribution is 2.03. The quantitative estimate of drug-likeness (QED) is 0.669. The molecule has 2 nitrogen and oxygen atoms in total. The van der Waals surface area contributed by atoms with Gasteiger partial charge in [-0.1, -0.05) is 13.0 Å². The maximum absolute atomic E-state index is 4.30. The summed E-state index contributed by atoms with van der Waals surface area (Å²) in [7, 11) is 1.88. The van der Waals surface area contributed by atoms with Gasteiger partial charge in [0.1, 0.15) is 5.82 Å². The maximum atomic E-state index is 4.30. The third kappa shape index (κ3) is 1.47. The van der Waals surface area contributed by atoms with Gasteiger partial charge in [-0.05, 0) is 18.6 Å². The summed E-state index contributed by atoms with van der Waals surface area (Å²) < 4.78 is 0. The van der Waals surface area contributed by atoms with Gasteiger partial charge in [-0.2, -0.15) is 0 Å². The van der Waals surface area contributed by atoms with E-state index in [4.69, 9.17) is 0 Å². The SMILES string of the molecule is CCc1cccc(NC)n1. The molecule has 0 atom stereocenters. The Morgan fingerprint density at radius 2 is 2.30 bits per heavy atom. The lowest BCUT2D eigenvalue weighted by Gasteiger charge is -1.99. The van der Waals surface area contributed by atoms with Gasteiger partial charge in [0.05, 0.1) is 0 Å². The standard InChI is InChI=1S/C8H12N2/c1-3-7-5-4-6-8(9-2)10-7/h4-6H,3H2,1-2H3,(H,9,10). The van der Waals surface area contributed by atoms with Gasteiger partial charge in [-0.3, -0.25) is 0 Å². The molecular weight excluding hydrogens is 124 g/mol. The predicted molar refractivity (Wildman–Crippen MR) is 43.2 cm³/mol. The first-order valence-corrected chi connectivity index (χ1v) is 3.50. The fourth-order valence-electron chi connectivity index (χ4n) is 0.816. The van der Waals surface area contributed by atoms with Crippen molar-refractivity contribution in [1.82, 2.24) is 4.98 Å². The normalized spacial score (nSPS) is 9.40. The Morgan fingerprint density at radius 1 is 1.50 bits per heavy atom. The molecule has 54 valence electrons. The Bertz CT molecular complexity index is 189. The van der Waals surface area contributed by atoms with Crippen LogP contribution in [0.25, 0.3) is 0 Å². The summed E-state index contributed by atoms with van der Waals surface area (Å²) in [6, 6.07) is 6.00. The van der Waals surface area contributed by atoms with Crippen molar-refractivity contribution in [2.75, 3.05) is 12.4 Å². The minimum absolute atomic E-state index is 0.944. The van der Waals surface area contributed by atoms with Crippen LogP contribution >= 0.6 is 0 Å². The molecular formula is C8H12N2. The minimum atomic E-state index is 0.944. The van der Waals surface area contributed by atoms with Gasteiger partial charge < -0.3 is 5.32 Å². The highest BCUT2D eigenvalue weighted by molar-refractivity contribution is 5.34. The van der Waals surface area contributed by atoms with Crippen molar-refractivity contribution >= 4 is 5.82 Å². The van der Waals surface area contributed by atoms with Crippen LogP contribution in [0.3, 0.4) is 0 Å². The Balaban J connectivity index is 2.87. The lowest BCUT2D eigenvalue weighted by atomic mass is 10.3. The number of aryl methyl sites for hydroxylation is 1. The number of hydrogen-bond donors (Lipinski definition) is 1. The molecule has 10 heavy (non-hydrogen) atoms. The summed E-state index contributed by atoms with van der Waals surface area (Å²) in [5.41, 5.74) is 1.13. The summed E-state index contributed by atoms with van der Waals surface area (Å²) in [4.78, 5) is 4.30. The molecule has 1 aromatic heterocycles. The molecule has 1 heterocycles. The first-order chi connectivity index (χ1) is 4.86. The Hall–Kier alpha value is -1.05. The molecule has 1 aromatic rings. The maximum Gasteiger partial charge on any atom is 0.125 e. The topological polar surface area (TPSA) is 24.9 Å². The van der Waals surface area contributed by atoms with E-state index in [1.54, 1.807) is 0 Å². The summed E-state index contributed by atoms with van der Waals surface area (Å²) in [5, 5.41) is 2.99. The van der Waals surface area contributed by atoms with Crippen LogP contribution in [-0.2, 0) is 6.42 Å². The van der Waals surface area contributed by atoms with Crippen LogP contribution in [-0.4, -0.2) is 12.0 Å². The van der Waals surface area contributed by atoms with Crippen LogP contribution < -0.4 is 5.32 Å². The monoisotopic (exact) mass is 136 g/mol. The molecule has 0 spiro atoms. The second-order valence-corrected chi connectivity index (χ2v) is 2.12. The first-order valence-electron chi connectivity index (χ1n) is 3.50. The van der Waals surface area contributed by atoms with E-state index in [0.29, 0.717) is 0 Å². The molecule has 0 saturated carbocycles. The van der Waals surface area contributed by atoms with Crippen molar-refractivity contribution in [2.45, 2.75) is 13.3 Å². The zero-order valence-electron chi connectivity index (χ0n) is 6.39. The van der Waals surface area contributed by atoms with E-state index < -0.39 is 0 Å².